The largest absolute Gasteiger partial charge is 0.504 e. The van der Waals surface area contributed by atoms with Crippen LogP contribution in [-0.2, 0) is 11.2 Å². The van der Waals surface area contributed by atoms with Crippen LogP contribution in [0.5, 0.6) is 17.2 Å². The number of rotatable bonds is 6. The van der Waals surface area contributed by atoms with E-state index in [4.69, 9.17) is 4.74 Å². The van der Waals surface area contributed by atoms with Crippen molar-refractivity contribution < 1.29 is 24.5 Å². The molecule has 126 valence electrons. The minimum absolute atomic E-state index is 0.0490. The van der Waals surface area contributed by atoms with E-state index >= 15 is 0 Å². The van der Waals surface area contributed by atoms with Crippen molar-refractivity contribution in [2.45, 2.75) is 33.1 Å². The Morgan fingerprint density at radius 1 is 0.958 bits per heavy atom. The van der Waals surface area contributed by atoms with Gasteiger partial charge in [0.05, 0.1) is 5.56 Å². The fourth-order valence-electron chi connectivity index (χ4n) is 2.25. The lowest BCUT2D eigenvalue weighted by Gasteiger charge is -2.10. The first-order valence-corrected chi connectivity index (χ1v) is 7.87. The van der Waals surface area contributed by atoms with Crippen LogP contribution in [0.2, 0.25) is 0 Å². The van der Waals surface area contributed by atoms with E-state index in [1.807, 2.05) is 26.0 Å². The number of ether oxygens (including phenoxy) is 1. The number of carbonyl (C=O) groups excluding carboxylic acids is 2. The van der Waals surface area contributed by atoms with Crippen molar-refractivity contribution in [3.8, 4) is 17.2 Å². The Morgan fingerprint density at radius 3 is 2.21 bits per heavy atom. The molecule has 0 aliphatic carbocycles. The first kappa shape index (κ1) is 17.5. The molecule has 0 fully saturated rings. The van der Waals surface area contributed by atoms with Crippen molar-refractivity contribution in [1.29, 1.82) is 0 Å². The van der Waals surface area contributed by atoms with Gasteiger partial charge in [0.1, 0.15) is 0 Å². The third-order valence-corrected chi connectivity index (χ3v) is 3.66. The van der Waals surface area contributed by atoms with Crippen LogP contribution < -0.4 is 4.74 Å². The number of carbonyl (C=O) groups is 2. The zero-order valence-corrected chi connectivity index (χ0v) is 13.7. The van der Waals surface area contributed by atoms with Gasteiger partial charge >= 0.3 is 5.97 Å². The van der Waals surface area contributed by atoms with Gasteiger partial charge in [-0.05, 0) is 30.5 Å². The third-order valence-electron chi connectivity index (χ3n) is 3.66. The van der Waals surface area contributed by atoms with Gasteiger partial charge in [-0.2, -0.15) is 0 Å². The summed E-state index contributed by atoms with van der Waals surface area (Å²) in [6.45, 7) is 3.84. The molecule has 0 saturated carbocycles. The van der Waals surface area contributed by atoms with Crippen LogP contribution >= 0.6 is 0 Å². The molecule has 0 atom stereocenters. The van der Waals surface area contributed by atoms with Gasteiger partial charge < -0.3 is 14.9 Å². The minimum atomic E-state index is -0.615. The highest BCUT2D eigenvalue weighted by Gasteiger charge is 2.20. The van der Waals surface area contributed by atoms with E-state index in [1.54, 1.807) is 12.1 Å². The Balaban J connectivity index is 2.29. The van der Waals surface area contributed by atoms with Gasteiger partial charge in [0.15, 0.2) is 17.3 Å². The standard InChI is InChI=1S/C19H20O5/c1-3-5-16(20)24-15-11-10-14(18(22)19(15)23)17(21)13-8-6-12(4-2)7-9-13/h6-11,22-23H,3-5H2,1-2H3. The number of hydrogen-bond acceptors (Lipinski definition) is 5. The second kappa shape index (κ2) is 7.64. The van der Waals surface area contributed by atoms with Crippen molar-refractivity contribution in [3.05, 3.63) is 53.1 Å². The molecule has 0 aliphatic rings. The van der Waals surface area contributed by atoms with E-state index in [0.717, 1.165) is 12.0 Å². The number of hydrogen-bond donors (Lipinski definition) is 2. The molecule has 2 rings (SSSR count). The molecule has 2 aromatic rings. The average molecular weight is 328 g/mol. The zero-order chi connectivity index (χ0) is 17.7. The normalized spacial score (nSPS) is 10.4. The SMILES string of the molecule is CCCC(=O)Oc1ccc(C(=O)c2ccc(CC)cc2)c(O)c1O. The Morgan fingerprint density at radius 2 is 1.62 bits per heavy atom. The van der Waals surface area contributed by atoms with Gasteiger partial charge in [-0.25, -0.2) is 0 Å². The van der Waals surface area contributed by atoms with E-state index in [2.05, 4.69) is 0 Å². The first-order valence-electron chi connectivity index (χ1n) is 7.87. The summed E-state index contributed by atoms with van der Waals surface area (Å²) < 4.78 is 4.98. The molecule has 0 amide bonds. The van der Waals surface area contributed by atoms with E-state index in [0.29, 0.717) is 12.0 Å². The average Bonchev–Trinajstić information content (AvgIpc) is 2.59. The van der Waals surface area contributed by atoms with Crippen LogP contribution in [0, 0.1) is 0 Å². The maximum atomic E-state index is 12.5. The van der Waals surface area contributed by atoms with Crippen LogP contribution in [0.1, 0.15) is 48.2 Å². The third kappa shape index (κ3) is 3.74. The molecule has 0 unspecified atom stereocenters. The Hall–Kier alpha value is -2.82. The molecular formula is C19H20O5. The molecule has 0 radical (unpaired) electrons. The molecule has 5 heteroatoms. The first-order chi connectivity index (χ1) is 11.5. The van der Waals surface area contributed by atoms with Gasteiger partial charge in [0, 0.05) is 12.0 Å². The van der Waals surface area contributed by atoms with Crippen molar-refractivity contribution >= 4 is 11.8 Å². The minimum Gasteiger partial charge on any atom is -0.504 e. The number of aryl methyl sites for hydroxylation is 1. The number of phenols is 2. The molecule has 2 aromatic carbocycles. The summed E-state index contributed by atoms with van der Waals surface area (Å²) in [5.74, 6) is -2.31. The molecule has 0 aliphatic heterocycles. The number of ketones is 1. The summed E-state index contributed by atoms with van der Waals surface area (Å²) in [4.78, 5) is 24.0. The molecule has 0 aromatic heterocycles. The molecule has 0 spiro atoms. The van der Waals surface area contributed by atoms with Gasteiger partial charge in [-0.3, -0.25) is 9.59 Å². The maximum Gasteiger partial charge on any atom is 0.311 e. The number of benzene rings is 2. The van der Waals surface area contributed by atoms with Crippen molar-refractivity contribution in [1.82, 2.24) is 0 Å². The van der Waals surface area contributed by atoms with Crippen LogP contribution in [-0.4, -0.2) is 22.0 Å². The number of phenolic OH excluding ortho intramolecular Hbond substituents is 2. The monoisotopic (exact) mass is 328 g/mol. The summed E-state index contributed by atoms with van der Waals surface area (Å²) in [5, 5.41) is 20.1. The van der Waals surface area contributed by atoms with Gasteiger partial charge in [0.25, 0.3) is 0 Å². The molecule has 0 bridgehead atoms. The lowest BCUT2D eigenvalue weighted by Crippen LogP contribution is -2.08. The van der Waals surface area contributed by atoms with E-state index in [-0.39, 0.29) is 17.7 Å². The second-order valence-electron chi connectivity index (χ2n) is 5.41. The van der Waals surface area contributed by atoms with Gasteiger partial charge in [-0.1, -0.05) is 38.1 Å². The molecular weight excluding hydrogens is 308 g/mol. The summed E-state index contributed by atoms with van der Waals surface area (Å²) in [6, 6.07) is 9.66. The molecule has 24 heavy (non-hydrogen) atoms. The summed E-state index contributed by atoms with van der Waals surface area (Å²) in [5.41, 5.74) is 1.45. The van der Waals surface area contributed by atoms with Gasteiger partial charge in [-0.15, -0.1) is 0 Å². The zero-order valence-electron chi connectivity index (χ0n) is 13.7. The Bertz CT molecular complexity index is 747. The number of aromatic hydroxyl groups is 2. The van der Waals surface area contributed by atoms with Crippen LogP contribution in [0.25, 0.3) is 0 Å². The topological polar surface area (TPSA) is 83.8 Å². The molecule has 5 nitrogen and oxygen atoms in total. The van der Waals surface area contributed by atoms with Crippen molar-refractivity contribution in [2.24, 2.45) is 0 Å². The van der Waals surface area contributed by atoms with Crippen molar-refractivity contribution in [2.75, 3.05) is 0 Å². The maximum absolute atomic E-state index is 12.5. The highest BCUT2D eigenvalue weighted by Crippen LogP contribution is 2.39. The summed E-state index contributed by atoms with van der Waals surface area (Å²) in [7, 11) is 0. The molecule has 0 heterocycles. The van der Waals surface area contributed by atoms with Crippen LogP contribution in [0.3, 0.4) is 0 Å². The fourth-order valence-corrected chi connectivity index (χ4v) is 2.25. The predicted octanol–water partition coefficient (Wildman–Crippen LogP) is 3.60. The van der Waals surface area contributed by atoms with E-state index < -0.39 is 23.3 Å². The highest BCUT2D eigenvalue weighted by molar-refractivity contribution is 6.11. The van der Waals surface area contributed by atoms with Gasteiger partial charge in [0.2, 0.25) is 5.75 Å². The lowest BCUT2D eigenvalue weighted by atomic mass is 10.00. The smallest absolute Gasteiger partial charge is 0.311 e. The second-order valence-corrected chi connectivity index (χ2v) is 5.41. The van der Waals surface area contributed by atoms with Crippen LogP contribution in [0.4, 0.5) is 0 Å². The summed E-state index contributed by atoms with van der Waals surface area (Å²) >= 11 is 0. The Labute approximate surface area is 140 Å². The van der Waals surface area contributed by atoms with E-state index in [9.17, 15) is 19.8 Å². The lowest BCUT2D eigenvalue weighted by molar-refractivity contribution is -0.134. The summed E-state index contributed by atoms with van der Waals surface area (Å²) in [6.07, 6.45) is 1.67. The van der Waals surface area contributed by atoms with Crippen LogP contribution in [0.15, 0.2) is 36.4 Å². The van der Waals surface area contributed by atoms with E-state index in [1.165, 1.54) is 12.1 Å². The predicted molar refractivity (Wildman–Crippen MR) is 89.6 cm³/mol. The highest BCUT2D eigenvalue weighted by atomic mass is 16.5. The Kier molecular flexibility index (Phi) is 5.58. The van der Waals surface area contributed by atoms with Crippen molar-refractivity contribution in [3.63, 3.8) is 0 Å². The molecule has 2 N–H and O–H groups in total. The molecule has 0 saturated heterocycles. The number of esters is 1. The quantitative estimate of drug-likeness (QED) is 0.366. The fraction of sp³-hybridized carbons (Fsp3) is 0.263.